The lowest BCUT2D eigenvalue weighted by atomic mass is 10.2. The molecule has 0 unspecified atom stereocenters. The van der Waals surface area contributed by atoms with Crippen molar-refractivity contribution in [2.75, 3.05) is 12.4 Å². The Morgan fingerprint density at radius 3 is 2.66 bits per heavy atom. The molecule has 0 atom stereocenters. The molecule has 146 valence electrons. The zero-order chi connectivity index (χ0) is 20.2. The molecular weight excluding hydrogens is 470 g/mol. The zero-order valence-electron chi connectivity index (χ0n) is 15.4. The summed E-state index contributed by atoms with van der Waals surface area (Å²) in [7, 11) is 1.63. The van der Waals surface area contributed by atoms with Crippen molar-refractivity contribution in [3.05, 3.63) is 69.5 Å². The van der Waals surface area contributed by atoms with Gasteiger partial charge in [-0.2, -0.15) is 0 Å². The Balaban J connectivity index is 1.41. The van der Waals surface area contributed by atoms with E-state index in [0.29, 0.717) is 5.13 Å². The van der Waals surface area contributed by atoms with Gasteiger partial charge in [-0.05, 0) is 34.1 Å². The number of benzene rings is 2. The SMILES string of the molecule is COc1ccc(-c2csc(NC(=O)Cc3csc(-c4ccccc4)n3)n2)cc1Br. The quantitative estimate of drug-likeness (QED) is 0.369. The number of halogens is 1. The fourth-order valence-electron chi connectivity index (χ4n) is 2.72. The first-order valence-corrected chi connectivity index (χ1v) is 11.3. The number of methoxy groups -OCH3 is 1. The summed E-state index contributed by atoms with van der Waals surface area (Å²) in [4.78, 5) is 21.5. The number of ether oxygens (including phenoxy) is 1. The molecule has 4 aromatic rings. The van der Waals surface area contributed by atoms with E-state index in [2.05, 4.69) is 31.2 Å². The van der Waals surface area contributed by atoms with Gasteiger partial charge in [0, 0.05) is 21.9 Å². The van der Waals surface area contributed by atoms with Gasteiger partial charge in [-0.25, -0.2) is 9.97 Å². The van der Waals surface area contributed by atoms with Gasteiger partial charge >= 0.3 is 0 Å². The van der Waals surface area contributed by atoms with Gasteiger partial charge in [0.15, 0.2) is 5.13 Å². The molecule has 2 aromatic carbocycles. The number of carbonyl (C=O) groups is 1. The molecule has 5 nitrogen and oxygen atoms in total. The number of rotatable bonds is 6. The van der Waals surface area contributed by atoms with Gasteiger partial charge in [-0.15, -0.1) is 22.7 Å². The molecule has 0 radical (unpaired) electrons. The van der Waals surface area contributed by atoms with Crippen LogP contribution >= 0.6 is 38.6 Å². The summed E-state index contributed by atoms with van der Waals surface area (Å²) >= 11 is 6.41. The van der Waals surface area contributed by atoms with Gasteiger partial charge in [0.05, 0.1) is 29.4 Å². The first-order valence-electron chi connectivity index (χ1n) is 8.71. The molecule has 0 aliphatic heterocycles. The number of anilines is 1. The fourth-order valence-corrected chi connectivity index (χ4v) is 4.82. The lowest BCUT2D eigenvalue weighted by Crippen LogP contribution is -2.14. The van der Waals surface area contributed by atoms with Crippen LogP contribution < -0.4 is 10.1 Å². The van der Waals surface area contributed by atoms with Crippen molar-refractivity contribution in [3.63, 3.8) is 0 Å². The third kappa shape index (κ3) is 4.72. The first-order chi connectivity index (χ1) is 14.1. The van der Waals surface area contributed by atoms with E-state index >= 15 is 0 Å². The van der Waals surface area contributed by atoms with Crippen LogP contribution in [0.25, 0.3) is 21.8 Å². The zero-order valence-corrected chi connectivity index (χ0v) is 18.6. The van der Waals surface area contributed by atoms with Crippen LogP contribution in [0.3, 0.4) is 0 Å². The van der Waals surface area contributed by atoms with Gasteiger partial charge in [0.1, 0.15) is 10.8 Å². The Hall–Kier alpha value is -2.55. The molecule has 0 saturated heterocycles. The second kappa shape index (κ2) is 8.86. The second-order valence-electron chi connectivity index (χ2n) is 6.12. The van der Waals surface area contributed by atoms with Crippen LogP contribution in [-0.2, 0) is 11.2 Å². The van der Waals surface area contributed by atoms with E-state index in [4.69, 9.17) is 4.74 Å². The molecule has 0 saturated carbocycles. The molecule has 0 spiro atoms. The smallest absolute Gasteiger partial charge is 0.232 e. The summed E-state index contributed by atoms with van der Waals surface area (Å²) in [6.07, 6.45) is 0.215. The normalized spacial score (nSPS) is 10.7. The highest BCUT2D eigenvalue weighted by molar-refractivity contribution is 9.10. The van der Waals surface area contributed by atoms with E-state index in [0.717, 1.165) is 37.7 Å². The van der Waals surface area contributed by atoms with Crippen LogP contribution in [0.4, 0.5) is 5.13 Å². The third-order valence-electron chi connectivity index (χ3n) is 4.11. The number of hydrogen-bond acceptors (Lipinski definition) is 6. The number of hydrogen-bond donors (Lipinski definition) is 1. The minimum absolute atomic E-state index is 0.133. The highest BCUT2D eigenvalue weighted by Gasteiger charge is 2.12. The molecule has 0 aliphatic carbocycles. The molecule has 29 heavy (non-hydrogen) atoms. The van der Waals surface area contributed by atoms with Gasteiger partial charge in [0.25, 0.3) is 0 Å². The van der Waals surface area contributed by atoms with E-state index in [1.807, 2.05) is 59.3 Å². The van der Waals surface area contributed by atoms with Crippen LogP contribution in [0.15, 0.2) is 63.8 Å². The number of amides is 1. The second-order valence-corrected chi connectivity index (χ2v) is 8.69. The molecule has 0 bridgehead atoms. The minimum Gasteiger partial charge on any atom is -0.496 e. The number of nitrogens with zero attached hydrogens (tertiary/aromatic N) is 2. The fraction of sp³-hybridized carbons (Fsp3) is 0.0952. The maximum absolute atomic E-state index is 12.4. The Labute approximate surface area is 184 Å². The summed E-state index contributed by atoms with van der Waals surface area (Å²) < 4.78 is 6.11. The molecule has 0 aliphatic rings. The van der Waals surface area contributed by atoms with E-state index in [1.165, 1.54) is 22.7 Å². The highest BCUT2D eigenvalue weighted by atomic mass is 79.9. The van der Waals surface area contributed by atoms with Crippen LogP contribution in [0.1, 0.15) is 5.69 Å². The van der Waals surface area contributed by atoms with Gasteiger partial charge < -0.3 is 10.1 Å². The van der Waals surface area contributed by atoms with Crippen molar-refractivity contribution in [1.82, 2.24) is 9.97 Å². The van der Waals surface area contributed by atoms with Crippen LogP contribution in [0.5, 0.6) is 5.75 Å². The topological polar surface area (TPSA) is 64.1 Å². The summed E-state index contributed by atoms with van der Waals surface area (Å²) in [5.74, 6) is 0.627. The summed E-state index contributed by atoms with van der Waals surface area (Å²) in [5.41, 5.74) is 3.55. The Morgan fingerprint density at radius 1 is 1.07 bits per heavy atom. The maximum Gasteiger partial charge on any atom is 0.232 e. The summed E-state index contributed by atoms with van der Waals surface area (Å²) in [5, 5.41) is 8.18. The van der Waals surface area contributed by atoms with Crippen LogP contribution in [-0.4, -0.2) is 23.0 Å². The van der Waals surface area contributed by atoms with Gasteiger partial charge in [-0.3, -0.25) is 4.79 Å². The molecule has 1 N–H and O–H groups in total. The molecule has 2 heterocycles. The maximum atomic E-state index is 12.4. The molecule has 0 fully saturated rings. The van der Waals surface area contributed by atoms with Crippen molar-refractivity contribution < 1.29 is 9.53 Å². The first kappa shape index (κ1) is 19.8. The van der Waals surface area contributed by atoms with Crippen LogP contribution in [0, 0.1) is 0 Å². The predicted molar refractivity (Wildman–Crippen MR) is 122 cm³/mol. The van der Waals surface area contributed by atoms with Crippen molar-refractivity contribution in [3.8, 4) is 27.6 Å². The number of aromatic nitrogens is 2. The van der Waals surface area contributed by atoms with E-state index < -0.39 is 0 Å². The van der Waals surface area contributed by atoms with Crippen molar-refractivity contribution in [2.24, 2.45) is 0 Å². The molecule has 1 amide bonds. The Bertz CT molecular complexity index is 1140. The van der Waals surface area contributed by atoms with E-state index in [9.17, 15) is 4.79 Å². The molecular formula is C21H16BrN3O2S2. The lowest BCUT2D eigenvalue weighted by Gasteiger charge is -2.04. The number of thiazole rings is 2. The van der Waals surface area contributed by atoms with Crippen molar-refractivity contribution in [1.29, 1.82) is 0 Å². The predicted octanol–water partition coefficient (Wildman–Crippen LogP) is 5.89. The monoisotopic (exact) mass is 485 g/mol. The largest absolute Gasteiger partial charge is 0.496 e. The minimum atomic E-state index is -0.133. The molecule has 4 rings (SSSR count). The summed E-state index contributed by atoms with van der Waals surface area (Å²) in [6.45, 7) is 0. The Morgan fingerprint density at radius 2 is 1.90 bits per heavy atom. The third-order valence-corrected chi connectivity index (χ3v) is 6.43. The average molecular weight is 486 g/mol. The van der Waals surface area contributed by atoms with E-state index in [1.54, 1.807) is 7.11 Å². The van der Waals surface area contributed by atoms with Crippen molar-refractivity contribution >= 4 is 49.6 Å². The van der Waals surface area contributed by atoms with Gasteiger partial charge in [-0.1, -0.05) is 30.3 Å². The van der Waals surface area contributed by atoms with Crippen LogP contribution in [0.2, 0.25) is 0 Å². The van der Waals surface area contributed by atoms with E-state index in [-0.39, 0.29) is 12.3 Å². The Kier molecular flexibility index (Phi) is 6.03. The number of nitrogens with one attached hydrogen (secondary N) is 1. The average Bonchev–Trinajstić information content (AvgIpc) is 3.38. The lowest BCUT2D eigenvalue weighted by molar-refractivity contribution is -0.115. The number of carbonyl (C=O) groups excluding carboxylic acids is 1. The summed E-state index contributed by atoms with van der Waals surface area (Å²) in [6, 6.07) is 15.7. The molecule has 8 heteroatoms. The highest BCUT2D eigenvalue weighted by Crippen LogP contribution is 2.32. The molecule has 2 aromatic heterocycles. The standard InChI is InChI=1S/C21H16BrN3O2S2/c1-27-18-8-7-14(9-16(18)22)17-12-29-21(24-17)25-19(26)10-15-11-28-20(23-15)13-5-3-2-4-6-13/h2-9,11-12H,10H2,1H3,(H,24,25,26). The van der Waals surface area contributed by atoms with Gasteiger partial charge in [0.2, 0.25) is 5.91 Å². The van der Waals surface area contributed by atoms with Crippen molar-refractivity contribution in [2.45, 2.75) is 6.42 Å².